The fraction of sp³-hybridized carbons (Fsp3) is 0.333. The molecule has 0 heterocycles. The molecule has 5 heteroatoms. The summed E-state index contributed by atoms with van der Waals surface area (Å²) in [6.07, 6.45) is 0.823. The Morgan fingerprint density at radius 1 is 0.783 bits per heavy atom. The van der Waals surface area contributed by atoms with Gasteiger partial charge in [0.2, 0.25) is 0 Å². The third-order valence-electron chi connectivity index (χ3n) is 4.05. The van der Waals surface area contributed by atoms with E-state index in [1.807, 2.05) is 36.4 Å². The first-order valence-electron chi connectivity index (χ1n) is 7.52. The average Bonchev–Trinajstić information content (AvgIpc) is 2.51. The number of sulfone groups is 1. The van der Waals surface area contributed by atoms with Gasteiger partial charge in [-0.2, -0.15) is 0 Å². The van der Waals surface area contributed by atoms with Crippen molar-refractivity contribution in [2.75, 3.05) is 0 Å². The van der Waals surface area contributed by atoms with Crippen LogP contribution < -0.4 is 0 Å². The van der Waals surface area contributed by atoms with Crippen LogP contribution in [-0.4, -0.2) is 18.9 Å². The predicted molar refractivity (Wildman–Crippen MR) is 98.2 cm³/mol. The van der Waals surface area contributed by atoms with Crippen molar-refractivity contribution in [2.45, 2.75) is 37.2 Å². The van der Waals surface area contributed by atoms with Crippen LogP contribution in [0.1, 0.15) is 25.0 Å². The van der Waals surface area contributed by atoms with Crippen LogP contribution >= 0.6 is 23.2 Å². The minimum Gasteiger partial charge on any atom is -0.228 e. The van der Waals surface area contributed by atoms with Gasteiger partial charge < -0.3 is 0 Å². The number of hydrogen-bond acceptors (Lipinski definition) is 2. The van der Waals surface area contributed by atoms with E-state index in [-0.39, 0.29) is 0 Å². The van der Waals surface area contributed by atoms with Crippen LogP contribution in [0.25, 0.3) is 0 Å². The molecule has 0 aliphatic carbocycles. The third-order valence-corrected chi connectivity index (χ3v) is 7.37. The second-order valence-electron chi connectivity index (χ2n) is 5.80. The van der Waals surface area contributed by atoms with E-state index in [0.717, 1.165) is 11.1 Å². The minimum atomic E-state index is -3.29. The van der Waals surface area contributed by atoms with Crippen LogP contribution in [0.3, 0.4) is 0 Å². The van der Waals surface area contributed by atoms with Gasteiger partial charge in [0.1, 0.15) is 0 Å². The number of hydrogen-bond donors (Lipinski definition) is 0. The van der Waals surface area contributed by atoms with E-state index >= 15 is 0 Å². The lowest BCUT2D eigenvalue weighted by atomic mass is 10.1. The zero-order chi connectivity index (χ0) is 17.0. The first-order valence-corrected chi connectivity index (χ1v) is 9.88. The lowest BCUT2D eigenvalue weighted by molar-refractivity contribution is 0.568. The maximum absolute atomic E-state index is 12.8. The Morgan fingerprint density at radius 2 is 1.13 bits per heavy atom. The molecule has 0 aromatic heterocycles. The molecule has 0 amide bonds. The molecule has 2 rings (SSSR count). The zero-order valence-electron chi connectivity index (χ0n) is 13.2. The van der Waals surface area contributed by atoms with Gasteiger partial charge in [-0.05, 0) is 49.9 Å². The van der Waals surface area contributed by atoms with E-state index in [4.69, 9.17) is 23.2 Å². The van der Waals surface area contributed by atoms with Crippen molar-refractivity contribution in [3.63, 3.8) is 0 Å². The molecule has 0 aliphatic rings. The highest BCUT2D eigenvalue weighted by Crippen LogP contribution is 2.24. The summed E-state index contributed by atoms with van der Waals surface area (Å²) in [5.74, 6) is 0. The van der Waals surface area contributed by atoms with E-state index in [0.29, 0.717) is 22.9 Å². The van der Waals surface area contributed by atoms with E-state index in [2.05, 4.69) is 0 Å². The summed E-state index contributed by atoms with van der Waals surface area (Å²) in [5.41, 5.74) is 1.71. The first-order chi connectivity index (χ1) is 10.8. The molecule has 124 valence electrons. The summed E-state index contributed by atoms with van der Waals surface area (Å²) in [6.45, 7) is 3.48. The van der Waals surface area contributed by atoms with E-state index in [1.165, 1.54) is 0 Å². The van der Waals surface area contributed by atoms with Crippen molar-refractivity contribution < 1.29 is 8.42 Å². The summed E-state index contributed by atoms with van der Waals surface area (Å²) in [4.78, 5) is 0. The molecule has 0 N–H and O–H groups in total. The van der Waals surface area contributed by atoms with Gasteiger partial charge in [0.05, 0.1) is 10.5 Å². The largest absolute Gasteiger partial charge is 0.228 e. The first kappa shape index (κ1) is 18.3. The molecule has 0 saturated carbocycles. The summed E-state index contributed by atoms with van der Waals surface area (Å²) < 4.78 is 25.6. The normalized spacial score (nSPS) is 14.4. The lowest BCUT2D eigenvalue weighted by Crippen LogP contribution is -2.31. The summed E-state index contributed by atoms with van der Waals surface area (Å²) >= 11 is 12.3. The smallest absolute Gasteiger partial charge is 0.156 e. The van der Waals surface area contributed by atoms with Gasteiger partial charge in [-0.25, -0.2) is 8.42 Å². The molecule has 2 unspecified atom stereocenters. The third kappa shape index (κ3) is 4.50. The SMILES string of the molecule is CC(Cc1ccccc1Cl)S(=O)(=O)C(C)Cc1ccccc1Cl. The van der Waals surface area contributed by atoms with Crippen LogP contribution in [0.2, 0.25) is 10.0 Å². The molecular formula is C18H20Cl2O2S. The molecule has 2 nitrogen and oxygen atoms in total. The Morgan fingerprint density at radius 3 is 1.48 bits per heavy atom. The summed E-state index contributed by atoms with van der Waals surface area (Å²) in [7, 11) is -3.29. The molecule has 0 bridgehead atoms. The van der Waals surface area contributed by atoms with Gasteiger partial charge in [0.25, 0.3) is 0 Å². The van der Waals surface area contributed by atoms with Crippen LogP contribution in [0, 0.1) is 0 Å². The van der Waals surface area contributed by atoms with Crippen molar-refractivity contribution in [3.05, 3.63) is 69.7 Å². The number of halogens is 2. The van der Waals surface area contributed by atoms with Gasteiger partial charge in [-0.15, -0.1) is 0 Å². The minimum absolute atomic E-state index is 0.412. The Labute approximate surface area is 148 Å². The van der Waals surface area contributed by atoms with Crippen molar-refractivity contribution >= 4 is 33.0 Å². The Balaban J connectivity index is 2.14. The van der Waals surface area contributed by atoms with Crippen LogP contribution in [0.5, 0.6) is 0 Å². The number of benzene rings is 2. The van der Waals surface area contributed by atoms with Gasteiger partial charge in [-0.3, -0.25) is 0 Å². The standard InChI is InChI=1S/C18H20Cl2O2S/c1-13(11-15-7-3-5-9-17(15)19)23(21,22)14(2)12-16-8-4-6-10-18(16)20/h3-10,13-14H,11-12H2,1-2H3. The highest BCUT2D eigenvalue weighted by Gasteiger charge is 2.28. The van der Waals surface area contributed by atoms with Crippen molar-refractivity contribution in [2.24, 2.45) is 0 Å². The van der Waals surface area contributed by atoms with Gasteiger partial charge >= 0.3 is 0 Å². The molecule has 23 heavy (non-hydrogen) atoms. The summed E-state index contributed by atoms with van der Waals surface area (Å²) in [6, 6.07) is 14.7. The van der Waals surface area contributed by atoms with Crippen LogP contribution in [-0.2, 0) is 22.7 Å². The van der Waals surface area contributed by atoms with E-state index < -0.39 is 20.3 Å². The average molecular weight is 371 g/mol. The molecule has 0 spiro atoms. The van der Waals surface area contributed by atoms with Gasteiger partial charge in [0.15, 0.2) is 9.84 Å². The fourth-order valence-corrected chi connectivity index (χ4v) is 4.62. The highest BCUT2D eigenvalue weighted by atomic mass is 35.5. The quantitative estimate of drug-likeness (QED) is 0.718. The molecule has 0 saturated heterocycles. The second-order valence-corrected chi connectivity index (χ2v) is 9.40. The topological polar surface area (TPSA) is 34.1 Å². The molecule has 0 aliphatic heterocycles. The molecular weight excluding hydrogens is 351 g/mol. The maximum Gasteiger partial charge on any atom is 0.156 e. The number of rotatable bonds is 6. The van der Waals surface area contributed by atoms with Crippen molar-refractivity contribution in [1.82, 2.24) is 0 Å². The fourth-order valence-electron chi connectivity index (χ4n) is 2.58. The summed E-state index contributed by atoms with van der Waals surface area (Å²) in [5, 5.41) is 0.210. The molecule has 2 aromatic carbocycles. The lowest BCUT2D eigenvalue weighted by Gasteiger charge is -2.20. The molecule has 2 aromatic rings. The highest BCUT2D eigenvalue weighted by molar-refractivity contribution is 7.92. The Bertz CT molecular complexity index is 713. The monoisotopic (exact) mass is 370 g/mol. The molecule has 0 fully saturated rings. The van der Waals surface area contributed by atoms with E-state index in [9.17, 15) is 8.42 Å². The molecule has 2 atom stereocenters. The Kier molecular flexibility index (Phi) is 6.12. The second kappa shape index (κ2) is 7.69. The van der Waals surface area contributed by atoms with Crippen molar-refractivity contribution in [3.8, 4) is 0 Å². The van der Waals surface area contributed by atoms with Crippen LogP contribution in [0.15, 0.2) is 48.5 Å². The van der Waals surface area contributed by atoms with Crippen molar-refractivity contribution in [1.29, 1.82) is 0 Å². The van der Waals surface area contributed by atoms with E-state index in [1.54, 1.807) is 26.0 Å². The van der Waals surface area contributed by atoms with Gasteiger partial charge in [-0.1, -0.05) is 59.6 Å². The zero-order valence-corrected chi connectivity index (χ0v) is 15.5. The molecule has 0 radical (unpaired) electrons. The Hall–Kier alpha value is -1.03. The predicted octanol–water partition coefficient (Wildman–Crippen LogP) is 4.97. The van der Waals surface area contributed by atoms with Crippen LogP contribution in [0.4, 0.5) is 0 Å². The maximum atomic E-state index is 12.8. The van der Waals surface area contributed by atoms with Gasteiger partial charge in [0, 0.05) is 10.0 Å².